The molecule has 1 unspecified atom stereocenters. The molecule has 1 heterocycles. The summed E-state index contributed by atoms with van der Waals surface area (Å²) in [6.45, 7) is 2.25. The summed E-state index contributed by atoms with van der Waals surface area (Å²) in [6, 6.07) is 13.4. The fourth-order valence-electron chi connectivity index (χ4n) is 1.82. The van der Waals surface area contributed by atoms with E-state index in [1.807, 2.05) is 30.3 Å². The third kappa shape index (κ3) is 4.76. The van der Waals surface area contributed by atoms with Crippen molar-refractivity contribution in [2.75, 3.05) is 6.54 Å². The Morgan fingerprint density at radius 3 is 2.76 bits per heavy atom. The van der Waals surface area contributed by atoms with Crippen molar-refractivity contribution in [3.63, 3.8) is 0 Å². The SMILES string of the molecule is CC(Oc1cccnc1Cl)C(=O)NCCc1ccccc1. The molecule has 1 amide bonds. The minimum atomic E-state index is -0.623. The van der Waals surface area contributed by atoms with E-state index in [0.717, 1.165) is 6.42 Å². The first kappa shape index (κ1) is 15.3. The fourth-order valence-corrected chi connectivity index (χ4v) is 1.99. The second-order valence-corrected chi connectivity index (χ2v) is 4.94. The van der Waals surface area contributed by atoms with E-state index in [2.05, 4.69) is 10.3 Å². The quantitative estimate of drug-likeness (QED) is 0.835. The molecule has 21 heavy (non-hydrogen) atoms. The first-order valence-electron chi connectivity index (χ1n) is 6.75. The highest BCUT2D eigenvalue weighted by molar-refractivity contribution is 6.30. The molecule has 1 atom stereocenters. The van der Waals surface area contributed by atoms with Crippen LogP contribution >= 0.6 is 11.6 Å². The molecule has 0 aliphatic rings. The first-order valence-corrected chi connectivity index (χ1v) is 7.13. The van der Waals surface area contributed by atoms with Gasteiger partial charge >= 0.3 is 0 Å². The van der Waals surface area contributed by atoms with Crippen LogP contribution in [0.5, 0.6) is 5.75 Å². The Labute approximate surface area is 129 Å². The van der Waals surface area contributed by atoms with Crippen LogP contribution in [-0.2, 0) is 11.2 Å². The van der Waals surface area contributed by atoms with E-state index in [4.69, 9.17) is 16.3 Å². The van der Waals surface area contributed by atoms with Crippen molar-refractivity contribution in [3.05, 3.63) is 59.4 Å². The fraction of sp³-hybridized carbons (Fsp3) is 0.250. The molecule has 0 aliphatic carbocycles. The molecule has 0 fully saturated rings. The Bertz CT molecular complexity index is 590. The lowest BCUT2D eigenvalue weighted by atomic mass is 10.1. The molecule has 0 saturated heterocycles. The summed E-state index contributed by atoms with van der Waals surface area (Å²) in [5.41, 5.74) is 1.18. The molecule has 0 aliphatic heterocycles. The second kappa shape index (κ2) is 7.64. The van der Waals surface area contributed by atoms with Gasteiger partial charge in [0.15, 0.2) is 17.0 Å². The van der Waals surface area contributed by atoms with Crippen molar-refractivity contribution >= 4 is 17.5 Å². The van der Waals surface area contributed by atoms with Gasteiger partial charge in [0.05, 0.1) is 0 Å². The number of nitrogens with zero attached hydrogens (tertiary/aromatic N) is 1. The maximum atomic E-state index is 11.9. The zero-order valence-corrected chi connectivity index (χ0v) is 12.5. The molecule has 5 heteroatoms. The van der Waals surface area contributed by atoms with Crippen LogP contribution in [0.1, 0.15) is 12.5 Å². The average molecular weight is 305 g/mol. The molecular formula is C16H17ClN2O2. The van der Waals surface area contributed by atoms with Gasteiger partial charge in [-0.3, -0.25) is 4.79 Å². The Morgan fingerprint density at radius 1 is 1.29 bits per heavy atom. The van der Waals surface area contributed by atoms with Gasteiger partial charge in [0, 0.05) is 12.7 Å². The van der Waals surface area contributed by atoms with Gasteiger partial charge in [0.2, 0.25) is 0 Å². The Morgan fingerprint density at radius 2 is 2.05 bits per heavy atom. The van der Waals surface area contributed by atoms with E-state index < -0.39 is 6.10 Å². The Kier molecular flexibility index (Phi) is 5.58. The average Bonchev–Trinajstić information content (AvgIpc) is 2.50. The van der Waals surface area contributed by atoms with E-state index in [1.54, 1.807) is 25.3 Å². The second-order valence-electron chi connectivity index (χ2n) is 4.58. The zero-order chi connectivity index (χ0) is 15.1. The molecule has 110 valence electrons. The lowest BCUT2D eigenvalue weighted by molar-refractivity contribution is -0.127. The van der Waals surface area contributed by atoms with Crippen LogP contribution in [0.3, 0.4) is 0 Å². The summed E-state index contributed by atoms with van der Waals surface area (Å²) in [5, 5.41) is 3.09. The van der Waals surface area contributed by atoms with E-state index in [-0.39, 0.29) is 11.1 Å². The van der Waals surface area contributed by atoms with Gasteiger partial charge in [-0.25, -0.2) is 4.98 Å². The van der Waals surface area contributed by atoms with Crippen LogP contribution in [0.4, 0.5) is 0 Å². The largest absolute Gasteiger partial charge is 0.478 e. The number of halogens is 1. The number of rotatable bonds is 6. The van der Waals surface area contributed by atoms with Crippen molar-refractivity contribution in [1.29, 1.82) is 0 Å². The summed E-state index contributed by atoms with van der Waals surface area (Å²) in [4.78, 5) is 15.9. The smallest absolute Gasteiger partial charge is 0.260 e. The molecule has 1 aromatic carbocycles. The van der Waals surface area contributed by atoms with E-state index in [1.165, 1.54) is 5.56 Å². The topological polar surface area (TPSA) is 51.2 Å². The predicted octanol–water partition coefficient (Wildman–Crippen LogP) is 2.86. The number of hydrogen-bond donors (Lipinski definition) is 1. The Hall–Kier alpha value is -2.07. The standard InChI is InChI=1S/C16H17ClN2O2/c1-12(21-14-8-5-10-18-15(14)17)16(20)19-11-9-13-6-3-2-4-7-13/h2-8,10,12H,9,11H2,1H3,(H,19,20). The van der Waals surface area contributed by atoms with Crippen LogP contribution in [-0.4, -0.2) is 23.5 Å². The number of aromatic nitrogens is 1. The molecule has 2 aromatic rings. The minimum absolute atomic E-state index is 0.175. The number of hydrogen-bond acceptors (Lipinski definition) is 3. The zero-order valence-electron chi connectivity index (χ0n) is 11.8. The number of carbonyl (C=O) groups excluding carboxylic acids is 1. The van der Waals surface area contributed by atoms with Gasteiger partial charge in [-0.15, -0.1) is 0 Å². The first-order chi connectivity index (χ1) is 10.2. The predicted molar refractivity (Wildman–Crippen MR) is 82.5 cm³/mol. The lowest BCUT2D eigenvalue weighted by Crippen LogP contribution is -2.37. The molecule has 2 rings (SSSR count). The van der Waals surface area contributed by atoms with Crippen molar-refractivity contribution in [2.24, 2.45) is 0 Å². The van der Waals surface area contributed by atoms with Gasteiger partial charge in [-0.2, -0.15) is 0 Å². The number of carbonyl (C=O) groups is 1. The van der Waals surface area contributed by atoms with Crippen LogP contribution < -0.4 is 10.1 Å². The molecule has 1 N–H and O–H groups in total. The van der Waals surface area contributed by atoms with E-state index in [0.29, 0.717) is 12.3 Å². The van der Waals surface area contributed by atoms with Gasteiger partial charge in [-0.05, 0) is 31.0 Å². The molecule has 0 radical (unpaired) electrons. The van der Waals surface area contributed by atoms with Crippen LogP contribution in [0.25, 0.3) is 0 Å². The van der Waals surface area contributed by atoms with Gasteiger partial charge in [0.1, 0.15) is 0 Å². The van der Waals surface area contributed by atoms with Crippen molar-refractivity contribution < 1.29 is 9.53 Å². The van der Waals surface area contributed by atoms with Crippen molar-refractivity contribution in [2.45, 2.75) is 19.4 Å². The molecule has 4 nitrogen and oxygen atoms in total. The highest BCUT2D eigenvalue weighted by Gasteiger charge is 2.15. The van der Waals surface area contributed by atoms with E-state index in [9.17, 15) is 4.79 Å². The molecule has 0 spiro atoms. The molecule has 0 bridgehead atoms. The summed E-state index contributed by atoms with van der Waals surface area (Å²) in [6.07, 6.45) is 1.73. The summed E-state index contributed by atoms with van der Waals surface area (Å²) in [7, 11) is 0. The molecular weight excluding hydrogens is 288 g/mol. The third-order valence-corrected chi connectivity index (χ3v) is 3.24. The summed E-state index contributed by atoms with van der Waals surface area (Å²) in [5.74, 6) is 0.232. The maximum absolute atomic E-state index is 11.9. The van der Waals surface area contributed by atoms with Gasteiger partial charge < -0.3 is 10.1 Å². The number of ether oxygens (including phenoxy) is 1. The molecule has 0 saturated carbocycles. The van der Waals surface area contributed by atoms with Gasteiger partial charge in [0.25, 0.3) is 5.91 Å². The minimum Gasteiger partial charge on any atom is -0.478 e. The summed E-state index contributed by atoms with van der Waals surface area (Å²) < 4.78 is 5.50. The monoisotopic (exact) mass is 304 g/mol. The lowest BCUT2D eigenvalue weighted by Gasteiger charge is -2.15. The number of benzene rings is 1. The number of amides is 1. The van der Waals surface area contributed by atoms with Crippen LogP contribution in [0.15, 0.2) is 48.7 Å². The highest BCUT2D eigenvalue weighted by atomic mass is 35.5. The van der Waals surface area contributed by atoms with Crippen LogP contribution in [0, 0.1) is 0 Å². The van der Waals surface area contributed by atoms with E-state index >= 15 is 0 Å². The molecule has 1 aromatic heterocycles. The number of nitrogens with one attached hydrogen (secondary N) is 1. The number of pyridine rings is 1. The van der Waals surface area contributed by atoms with Crippen molar-refractivity contribution in [3.8, 4) is 5.75 Å². The third-order valence-electron chi connectivity index (χ3n) is 2.95. The van der Waals surface area contributed by atoms with Crippen molar-refractivity contribution in [1.82, 2.24) is 10.3 Å². The summed E-state index contributed by atoms with van der Waals surface area (Å²) >= 11 is 5.89. The maximum Gasteiger partial charge on any atom is 0.260 e. The van der Waals surface area contributed by atoms with Crippen LogP contribution in [0.2, 0.25) is 5.15 Å². The highest BCUT2D eigenvalue weighted by Crippen LogP contribution is 2.21. The van der Waals surface area contributed by atoms with Gasteiger partial charge in [-0.1, -0.05) is 41.9 Å². The Balaban J connectivity index is 1.79. The normalized spacial score (nSPS) is 11.7.